The van der Waals surface area contributed by atoms with Crippen LogP contribution in [0.5, 0.6) is 0 Å². The van der Waals surface area contributed by atoms with Crippen molar-refractivity contribution in [3.05, 3.63) is 0 Å². The summed E-state index contributed by atoms with van der Waals surface area (Å²) >= 11 is 0. The van der Waals surface area contributed by atoms with Crippen LogP contribution in [0.1, 0.15) is 345 Å². The zero-order valence-corrected chi connectivity index (χ0v) is 51.1. The topological polar surface area (TPSA) is 0 Å². The lowest BCUT2D eigenvalue weighted by Gasteiger charge is -2.49. The molecule has 0 heterocycles. The highest BCUT2D eigenvalue weighted by atomic mass is 14.5. The standard InChI is InChI=1S/5C13H26.3CH4/c1-11(2,3)13(6)9-7-12(4,5)8-10-13;1-10-9-13(5,6)8-7-11(10)12(2,3)4;1-10-9-11(12(2,3)4)7-8-13(10,5)6;1-6-13(4,5)11-7-9-12(2,3)10-8-11;1-6-13(5)9-7-11(8-10-13)12(2,3)4;;;/h7-10H2,1-6H3;2*10-11H,7-9H2,1-6H3;2*11H,6-10H2,1-5H3;3*1H4. The number of hydrogen-bond donors (Lipinski definition) is 0. The van der Waals surface area contributed by atoms with Gasteiger partial charge in [-0.2, -0.15) is 0 Å². The fourth-order valence-electron chi connectivity index (χ4n) is 12.9. The van der Waals surface area contributed by atoms with E-state index in [1.165, 1.54) is 128 Å². The lowest BCUT2D eigenvalue weighted by atomic mass is 9.56. The van der Waals surface area contributed by atoms with Crippen LogP contribution in [0, 0.1) is 95.1 Å². The van der Waals surface area contributed by atoms with Crippen molar-refractivity contribution in [1.29, 1.82) is 0 Å². The van der Waals surface area contributed by atoms with Gasteiger partial charge in [0.2, 0.25) is 0 Å². The lowest BCUT2D eigenvalue weighted by molar-refractivity contribution is 0.0180. The van der Waals surface area contributed by atoms with Crippen molar-refractivity contribution in [2.75, 3.05) is 0 Å². The second-order valence-corrected chi connectivity index (χ2v) is 33.1. The minimum atomic E-state index is 0. The van der Waals surface area contributed by atoms with Crippen LogP contribution in [-0.2, 0) is 0 Å². The van der Waals surface area contributed by atoms with Crippen molar-refractivity contribution >= 4 is 0 Å². The molecule has 414 valence electrons. The molecule has 0 N–H and O–H groups in total. The van der Waals surface area contributed by atoms with Crippen LogP contribution in [0.15, 0.2) is 0 Å². The molecule has 0 nitrogen and oxygen atoms in total. The van der Waals surface area contributed by atoms with E-state index in [4.69, 9.17) is 0 Å². The zero-order valence-electron chi connectivity index (χ0n) is 51.1. The van der Waals surface area contributed by atoms with Gasteiger partial charge in [0.05, 0.1) is 0 Å². The van der Waals surface area contributed by atoms with Gasteiger partial charge in [0.15, 0.2) is 0 Å². The molecular weight excluding hydrogens is 817 g/mol. The SMILES string of the molecule is C.C.C.CC1(C)CCC(C)(C(C)(C)C)CC1.CC1CC(C(C)(C)C)CCC1(C)C.CC1CC(C)(C)CCC1C(C)(C)C.CCC(C)(C)C1CCC(C)(C)CC1.CCC1(C)CCC(C(C)(C)C)CC1. The Morgan fingerprint density at radius 2 is 0.794 bits per heavy atom. The lowest BCUT2D eigenvalue weighted by Crippen LogP contribution is -2.38. The average molecular weight is 960 g/mol. The Morgan fingerprint density at radius 1 is 0.412 bits per heavy atom. The Morgan fingerprint density at radius 3 is 1.13 bits per heavy atom. The smallest absolute Gasteiger partial charge is 0.0277 e. The highest BCUT2D eigenvalue weighted by Gasteiger charge is 2.43. The summed E-state index contributed by atoms with van der Waals surface area (Å²) in [6.45, 7) is 67.4. The van der Waals surface area contributed by atoms with E-state index in [1.54, 1.807) is 0 Å². The van der Waals surface area contributed by atoms with E-state index < -0.39 is 0 Å². The molecule has 0 bridgehead atoms. The van der Waals surface area contributed by atoms with Crippen LogP contribution in [0.25, 0.3) is 0 Å². The molecule has 5 aliphatic carbocycles. The van der Waals surface area contributed by atoms with Gasteiger partial charge < -0.3 is 0 Å². The molecule has 4 unspecified atom stereocenters. The minimum Gasteiger partial charge on any atom is -0.0776 e. The van der Waals surface area contributed by atoms with Gasteiger partial charge in [-0.05, 0) is 211 Å². The van der Waals surface area contributed by atoms with E-state index in [2.05, 4.69) is 194 Å². The Bertz CT molecular complexity index is 1290. The predicted octanol–water partition coefficient (Wildman–Crippen LogP) is 24.8. The molecule has 68 heavy (non-hydrogen) atoms. The molecule has 0 spiro atoms. The molecule has 0 aromatic heterocycles. The summed E-state index contributed by atoms with van der Waals surface area (Å²) in [5.74, 6) is 5.61. The van der Waals surface area contributed by atoms with Crippen LogP contribution in [0.2, 0.25) is 0 Å². The van der Waals surface area contributed by atoms with Crippen molar-refractivity contribution in [3.63, 3.8) is 0 Å². The second-order valence-electron chi connectivity index (χ2n) is 33.1. The van der Waals surface area contributed by atoms with E-state index in [1.807, 2.05) is 0 Å². The van der Waals surface area contributed by atoms with E-state index in [0.717, 1.165) is 35.5 Å². The van der Waals surface area contributed by atoms with Crippen LogP contribution in [0.4, 0.5) is 0 Å². The Labute approximate surface area is 437 Å². The van der Waals surface area contributed by atoms with E-state index in [-0.39, 0.29) is 22.3 Å². The first-order chi connectivity index (χ1) is 28.9. The van der Waals surface area contributed by atoms with Crippen LogP contribution >= 0.6 is 0 Å². The summed E-state index contributed by atoms with van der Waals surface area (Å²) in [5, 5.41) is 0. The molecule has 0 saturated heterocycles. The van der Waals surface area contributed by atoms with Gasteiger partial charge in [0.25, 0.3) is 0 Å². The van der Waals surface area contributed by atoms with E-state index >= 15 is 0 Å². The molecular formula is C68H142. The molecule has 5 saturated carbocycles. The van der Waals surface area contributed by atoms with Gasteiger partial charge in [-0.3, -0.25) is 0 Å². The summed E-state index contributed by atoms with van der Waals surface area (Å²) in [6, 6.07) is 0. The quantitative estimate of drug-likeness (QED) is 0.264. The highest BCUT2D eigenvalue weighted by Crippen LogP contribution is 2.54. The molecule has 4 atom stereocenters. The summed E-state index contributed by atoms with van der Waals surface area (Å²) in [5.41, 5.74) is 6.27. The van der Waals surface area contributed by atoms with Gasteiger partial charge in [0.1, 0.15) is 0 Å². The van der Waals surface area contributed by atoms with Crippen molar-refractivity contribution in [2.24, 2.45) is 95.1 Å². The monoisotopic (exact) mass is 959 g/mol. The average Bonchev–Trinajstić information content (AvgIpc) is 3.13. The fraction of sp³-hybridized carbons (Fsp3) is 1.00. The molecule has 0 radical (unpaired) electrons. The van der Waals surface area contributed by atoms with Crippen LogP contribution in [0.3, 0.4) is 0 Å². The van der Waals surface area contributed by atoms with E-state index in [9.17, 15) is 0 Å². The summed E-state index contributed by atoms with van der Waals surface area (Å²) in [7, 11) is 0. The molecule has 5 rings (SSSR count). The van der Waals surface area contributed by atoms with Crippen molar-refractivity contribution in [2.45, 2.75) is 345 Å². The summed E-state index contributed by atoms with van der Waals surface area (Å²) < 4.78 is 0. The maximum atomic E-state index is 2.47. The maximum Gasteiger partial charge on any atom is -0.0277 e. The Kier molecular flexibility index (Phi) is 28.7. The van der Waals surface area contributed by atoms with Gasteiger partial charge in [-0.25, -0.2) is 0 Å². The van der Waals surface area contributed by atoms with Crippen molar-refractivity contribution in [1.82, 2.24) is 0 Å². The zero-order chi connectivity index (χ0) is 51.1. The van der Waals surface area contributed by atoms with Crippen molar-refractivity contribution < 1.29 is 0 Å². The van der Waals surface area contributed by atoms with Crippen LogP contribution in [-0.4, -0.2) is 0 Å². The third-order valence-corrected chi connectivity index (χ3v) is 21.3. The molecule has 0 aliphatic heterocycles. The maximum absolute atomic E-state index is 2.47. The van der Waals surface area contributed by atoms with E-state index in [0.29, 0.717) is 59.6 Å². The first-order valence-electron chi connectivity index (χ1n) is 28.9. The fourth-order valence-corrected chi connectivity index (χ4v) is 12.9. The first kappa shape index (κ1) is 72.2. The molecule has 0 amide bonds. The van der Waals surface area contributed by atoms with Gasteiger partial charge >= 0.3 is 0 Å². The van der Waals surface area contributed by atoms with Gasteiger partial charge in [-0.1, -0.05) is 229 Å². The molecule has 0 aromatic carbocycles. The largest absolute Gasteiger partial charge is 0.0776 e. The summed E-state index contributed by atoms with van der Waals surface area (Å²) in [4.78, 5) is 0. The minimum absolute atomic E-state index is 0. The first-order valence-corrected chi connectivity index (χ1v) is 28.9. The Hall–Kier alpha value is 0. The normalized spacial score (nSPS) is 30.1. The molecule has 5 aliphatic rings. The van der Waals surface area contributed by atoms with Crippen molar-refractivity contribution in [3.8, 4) is 0 Å². The molecule has 0 heteroatoms. The summed E-state index contributed by atoms with van der Waals surface area (Å²) in [6.07, 6.45) is 28.4. The van der Waals surface area contributed by atoms with Gasteiger partial charge in [0, 0.05) is 0 Å². The molecule has 5 fully saturated rings. The second kappa shape index (κ2) is 27.0. The van der Waals surface area contributed by atoms with Gasteiger partial charge in [-0.15, -0.1) is 0 Å². The third kappa shape index (κ3) is 23.9. The Balaban J connectivity index is -0.000000768. The highest BCUT2D eigenvalue weighted by molar-refractivity contribution is 4.94. The number of rotatable bonds is 3. The predicted molar refractivity (Wildman–Crippen MR) is 319 cm³/mol. The molecule has 0 aromatic rings. The number of hydrogen-bond acceptors (Lipinski definition) is 0. The third-order valence-electron chi connectivity index (χ3n) is 21.3. The van der Waals surface area contributed by atoms with Crippen LogP contribution < -0.4 is 0 Å².